The van der Waals surface area contributed by atoms with Crippen LogP contribution in [0.3, 0.4) is 0 Å². The lowest BCUT2D eigenvalue weighted by molar-refractivity contribution is 0.337. The van der Waals surface area contributed by atoms with Crippen LogP contribution >= 0.6 is 0 Å². The Kier molecular flexibility index (Phi) is 3.91. The second-order valence-corrected chi connectivity index (χ2v) is 7.16. The van der Waals surface area contributed by atoms with E-state index in [-0.39, 0.29) is 5.75 Å². The first-order chi connectivity index (χ1) is 9.26. The van der Waals surface area contributed by atoms with Crippen molar-refractivity contribution in [2.75, 3.05) is 31.3 Å². The Labute approximate surface area is 117 Å². The molecule has 0 saturated heterocycles. The Morgan fingerprint density at radius 3 is 2.75 bits per heavy atom. The fourth-order valence-corrected chi connectivity index (χ4v) is 2.45. The van der Waals surface area contributed by atoms with Crippen LogP contribution in [0.5, 0.6) is 0 Å². The Morgan fingerprint density at radius 1 is 1.40 bits per heavy atom. The zero-order valence-corrected chi connectivity index (χ0v) is 12.6. The van der Waals surface area contributed by atoms with Crippen molar-refractivity contribution >= 4 is 26.7 Å². The molecular formula is C11H18N6O2S. The number of nitrogens with two attached hydrogens (primary N) is 1. The molecule has 0 saturated carbocycles. The quantitative estimate of drug-likeness (QED) is 0.787. The summed E-state index contributed by atoms with van der Waals surface area (Å²) >= 11 is 0. The highest BCUT2D eigenvalue weighted by Gasteiger charge is 2.12. The van der Waals surface area contributed by atoms with E-state index in [0.29, 0.717) is 30.4 Å². The number of nitrogen functional groups attached to an aromatic ring is 1. The van der Waals surface area contributed by atoms with E-state index >= 15 is 0 Å². The molecule has 0 aromatic carbocycles. The molecule has 0 radical (unpaired) electrons. The molecule has 2 aromatic rings. The van der Waals surface area contributed by atoms with Crippen molar-refractivity contribution in [2.24, 2.45) is 7.05 Å². The monoisotopic (exact) mass is 298 g/mol. The SMILES string of the molecule is CN(CCS(C)(=O)=O)Cc1nc(N)c2cnn(C)c2n1. The molecule has 2 N–H and O–H groups in total. The second kappa shape index (κ2) is 5.33. The van der Waals surface area contributed by atoms with Crippen molar-refractivity contribution in [2.45, 2.75) is 6.54 Å². The molecule has 2 rings (SSSR count). The number of nitrogens with zero attached hydrogens (tertiary/aromatic N) is 5. The zero-order valence-electron chi connectivity index (χ0n) is 11.7. The van der Waals surface area contributed by atoms with Gasteiger partial charge in [-0.2, -0.15) is 5.10 Å². The van der Waals surface area contributed by atoms with E-state index in [9.17, 15) is 8.42 Å². The largest absolute Gasteiger partial charge is 0.383 e. The number of aryl methyl sites for hydroxylation is 1. The van der Waals surface area contributed by atoms with Crippen molar-refractivity contribution < 1.29 is 8.42 Å². The third kappa shape index (κ3) is 3.42. The van der Waals surface area contributed by atoms with Gasteiger partial charge in [-0.3, -0.25) is 9.58 Å². The smallest absolute Gasteiger partial charge is 0.163 e. The lowest BCUT2D eigenvalue weighted by Crippen LogP contribution is -2.26. The Balaban J connectivity index is 2.15. The van der Waals surface area contributed by atoms with E-state index in [4.69, 9.17) is 5.73 Å². The van der Waals surface area contributed by atoms with Gasteiger partial charge in [0.2, 0.25) is 0 Å². The first-order valence-corrected chi connectivity index (χ1v) is 8.12. The van der Waals surface area contributed by atoms with Crippen LogP contribution in [0.15, 0.2) is 6.20 Å². The fourth-order valence-electron chi connectivity index (χ4n) is 1.80. The lowest BCUT2D eigenvalue weighted by atomic mass is 10.4. The number of hydrogen-bond donors (Lipinski definition) is 1. The number of rotatable bonds is 5. The molecule has 0 aliphatic rings. The summed E-state index contributed by atoms with van der Waals surface area (Å²) in [6.45, 7) is 0.854. The third-order valence-corrected chi connectivity index (χ3v) is 3.85. The molecule has 0 aliphatic heterocycles. The maximum atomic E-state index is 11.1. The Hall–Kier alpha value is -1.74. The van der Waals surface area contributed by atoms with E-state index in [2.05, 4.69) is 15.1 Å². The minimum absolute atomic E-state index is 0.104. The van der Waals surface area contributed by atoms with E-state index in [1.165, 1.54) is 6.26 Å². The normalized spacial score (nSPS) is 12.4. The molecule has 2 heterocycles. The predicted molar refractivity (Wildman–Crippen MR) is 76.8 cm³/mol. The number of sulfone groups is 1. The maximum absolute atomic E-state index is 11.1. The summed E-state index contributed by atoms with van der Waals surface area (Å²) in [5, 5.41) is 4.80. The standard InChI is InChI=1S/C11H18N6O2S/c1-16(4-5-20(3,18)19)7-9-14-10(12)8-6-13-17(2)11(8)15-9/h6H,4-5,7H2,1-3H3,(H2,12,14,15). The molecule has 0 spiro atoms. The molecular weight excluding hydrogens is 280 g/mol. The molecule has 110 valence electrons. The van der Waals surface area contributed by atoms with Crippen LogP contribution in [-0.4, -0.2) is 58.7 Å². The Morgan fingerprint density at radius 2 is 2.10 bits per heavy atom. The Bertz CT molecular complexity index is 724. The van der Waals surface area contributed by atoms with Crippen LogP contribution in [0.4, 0.5) is 5.82 Å². The predicted octanol–water partition coefficient (Wildman–Crippen LogP) is -0.578. The molecule has 2 aromatic heterocycles. The van der Waals surface area contributed by atoms with E-state index in [0.717, 1.165) is 5.39 Å². The van der Waals surface area contributed by atoms with Crippen LogP contribution in [0.2, 0.25) is 0 Å². The first kappa shape index (κ1) is 14.7. The highest BCUT2D eigenvalue weighted by molar-refractivity contribution is 7.90. The summed E-state index contributed by atoms with van der Waals surface area (Å²) in [4.78, 5) is 10.5. The van der Waals surface area contributed by atoms with Gasteiger partial charge in [0.1, 0.15) is 21.5 Å². The maximum Gasteiger partial charge on any atom is 0.163 e. The minimum Gasteiger partial charge on any atom is -0.383 e. The van der Waals surface area contributed by atoms with Gasteiger partial charge < -0.3 is 5.73 Å². The van der Waals surface area contributed by atoms with Gasteiger partial charge in [-0.05, 0) is 7.05 Å². The molecule has 0 aliphatic carbocycles. The average Bonchev–Trinajstić information content (AvgIpc) is 2.69. The van der Waals surface area contributed by atoms with E-state index in [1.54, 1.807) is 17.9 Å². The number of aromatic nitrogens is 4. The first-order valence-electron chi connectivity index (χ1n) is 6.06. The summed E-state index contributed by atoms with van der Waals surface area (Å²) in [5.74, 6) is 1.04. The fraction of sp³-hybridized carbons (Fsp3) is 0.545. The summed E-state index contributed by atoms with van der Waals surface area (Å²) in [6, 6.07) is 0. The van der Waals surface area contributed by atoms with Crippen LogP contribution in [0, 0.1) is 0 Å². The van der Waals surface area contributed by atoms with Crippen molar-refractivity contribution in [3.05, 3.63) is 12.0 Å². The second-order valence-electron chi connectivity index (χ2n) is 4.90. The van der Waals surface area contributed by atoms with Gasteiger partial charge in [-0.25, -0.2) is 18.4 Å². The number of anilines is 1. The average molecular weight is 298 g/mol. The molecule has 0 atom stereocenters. The number of fused-ring (bicyclic) bond motifs is 1. The van der Waals surface area contributed by atoms with Gasteiger partial charge in [0.25, 0.3) is 0 Å². The zero-order chi connectivity index (χ0) is 14.9. The van der Waals surface area contributed by atoms with Gasteiger partial charge in [0.15, 0.2) is 5.65 Å². The highest BCUT2D eigenvalue weighted by Crippen LogP contribution is 2.16. The molecule has 9 heteroatoms. The molecule has 8 nitrogen and oxygen atoms in total. The summed E-state index contributed by atoms with van der Waals surface area (Å²) in [5.41, 5.74) is 6.54. The molecule has 0 fully saturated rings. The van der Waals surface area contributed by atoms with E-state index in [1.807, 2.05) is 11.9 Å². The van der Waals surface area contributed by atoms with Gasteiger partial charge in [0, 0.05) is 19.8 Å². The van der Waals surface area contributed by atoms with Gasteiger partial charge in [-0.15, -0.1) is 0 Å². The van der Waals surface area contributed by atoms with Gasteiger partial charge in [0.05, 0.1) is 23.9 Å². The van der Waals surface area contributed by atoms with Crippen molar-refractivity contribution in [1.29, 1.82) is 0 Å². The highest BCUT2D eigenvalue weighted by atomic mass is 32.2. The van der Waals surface area contributed by atoms with Crippen LogP contribution in [0.25, 0.3) is 11.0 Å². The van der Waals surface area contributed by atoms with Gasteiger partial charge in [-0.1, -0.05) is 0 Å². The summed E-state index contributed by atoms with van der Waals surface area (Å²) in [6.07, 6.45) is 2.85. The van der Waals surface area contributed by atoms with Crippen LogP contribution in [0.1, 0.15) is 5.82 Å². The van der Waals surface area contributed by atoms with Gasteiger partial charge >= 0.3 is 0 Å². The number of hydrogen-bond acceptors (Lipinski definition) is 7. The van der Waals surface area contributed by atoms with Crippen molar-refractivity contribution in [3.63, 3.8) is 0 Å². The minimum atomic E-state index is -2.97. The molecule has 0 bridgehead atoms. The van der Waals surface area contributed by atoms with Crippen molar-refractivity contribution in [3.8, 4) is 0 Å². The third-order valence-electron chi connectivity index (χ3n) is 2.92. The molecule has 0 unspecified atom stereocenters. The molecule has 0 amide bonds. The summed E-state index contributed by atoms with van der Waals surface area (Å²) in [7, 11) is 0.628. The van der Waals surface area contributed by atoms with Crippen LogP contribution < -0.4 is 5.73 Å². The van der Waals surface area contributed by atoms with Crippen LogP contribution in [-0.2, 0) is 23.4 Å². The lowest BCUT2D eigenvalue weighted by Gasteiger charge is -2.15. The van der Waals surface area contributed by atoms with E-state index < -0.39 is 9.84 Å². The molecule has 20 heavy (non-hydrogen) atoms. The summed E-state index contributed by atoms with van der Waals surface area (Å²) < 4.78 is 23.9. The topological polar surface area (TPSA) is 107 Å². The van der Waals surface area contributed by atoms with Crippen molar-refractivity contribution in [1.82, 2.24) is 24.6 Å².